The lowest BCUT2D eigenvalue weighted by Gasteiger charge is -1.95. The molecule has 0 bridgehead atoms. The fourth-order valence-electron chi connectivity index (χ4n) is 0.746. The molecule has 1 aromatic heterocycles. The summed E-state index contributed by atoms with van der Waals surface area (Å²) in [6.07, 6.45) is 5.60. The normalized spacial score (nSPS) is 10.5. The number of allylic oxidation sites excluding steroid dienone is 1. The van der Waals surface area contributed by atoms with Gasteiger partial charge in [0.05, 0.1) is 0 Å². The van der Waals surface area contributed by atoms with Gasteiger partial charge in [-0.1, -0.05) is 12.1 Å². The number of hydrogen-bond donors (Lipinski definition) is 1. The van der Waals surface area contributed by atoms with Gasteiger partial charge in [-0.3, -0.25) is 5.41 Å². The lowest BCUT2D eigenvalue weighted by molar-refractivity contribution is 0.974. The smallest absolute Gasteiger partial charge is 0.128 e. The second-order valence-electron chi connectivity index (χ2n) is 1.98. The van der Waals surface area contributed by atoms with Crippen LogP contribution in [-0.4, -0.2) is 4.57 Å². The summed E-state index contributed by atoms with van der Waals surface area (Å²) in [5.74, 6) is 0. The number of aromatic nitrogens is 1. The summed E-state index contributed by atoms with van der Waals surface area (Å²) in [5, 5.41) is 7.39. The number of nitrogens with zero attached hydrogens (tertiary/aromatic N) is 1. The van der Waals surface area contributed by atoms with Crippen LogP contribution in [-0.2, 0) is 0 Å². The van der Waals surface area contributed by atoms with Crippen molar-refractivity contribution in [2.75, 3.05) is 0 Å². The van der Waals surface area contributed by atoms with E-state index in [2.05, 4.69) is 0 Å². The summed E-state index contributed by atoms with van der Waals surface area (Å²) in [6.45, 7) is 1.93. The molecule has 0 atom stereocenters. The van der Waals surface area contributed by atoms with Gasteiger partial charge in [0.1, 0.15) is 5.49 Å². The molecule has 52 valence electrons. The standard InChI is InChI=1S/C8H10N2/c1-2-6-10-7-4-3-5-8(10)9/h2-7,9H,1H3/b6-2-,9-8?. The first kappa shape index (κ1) is 6.81. The first-order valence-electron chi connectivity index (χ1n) is 3.19. The maximum Gasteiger partial charge on any atom is 0.128 e. The third-order valence-electron chi connectivity index (χ3n) is 1.20. The fourth-order valence-corrected chi connectivity index (χ4v) is 0.746. The number of nitrogens with one attached hydrogen (secondary N) is 1. The van der Waals surface area contributed by atoms with E-state index in [1.54, 1.807) is 10.6 Å². The van der Waals surface area contributed by atoms with Gasteiger partial charge in [0.15, 0.2) is 0 Å². The molecule has 0 aliphatic heterocycles. The van der Waals surface area contributed by atoms with Gasteiger partial charge in [0.25, 0.3) is 0 Å². The van der Waals surface area contributed by atoms with Crippen LogP contribution in [0.5, 0.6) is 0 Å². The molecule has 0 saturated carbocycles. The van der Waals surface area contributed by atoms with Crippen LogP contribution in [0.15, 0.2) is 30.5 Å². The van der Waals surface area contributed by atoms with Crippen LogP contribution in [0.2, 0.25) is 0 Å². The SMILES string of the molecule is C/C=C\n1ccccc1=N. The Bertz CT molecular complexity index is 283. The van der Waals surface area contributed by atoms with E-state index >= 15 is 0 Å². The highest BCUT2D eigenvalue weighted by Gasteiger charge is 1.79. The van der Waals surface area contributed by atoms with Crippen LogP contribution in [0.25, 0.3) is 6.20 Å². The summed E-state index contributed by atoms with van der Waals surface area (Å²) in [6, 6.07) is 5.50. The Morgan fingerprint density at radius 1 is 1.50 bits per heavy atom. The molecule has 0 radical (unpaired) electrons. The largest absolute Gasteiger partial charge is 0.309 e. The molecule has 10 heavy (non-hydrogen) atoms. The summed E-state index contributed by atoms with van der Waals surface area (Å²) < 4.78 is 1.75. The van der Waals surface area contributed by atoms with Crippen LogP contribution >= 0.6 is 0 Å². The highest BCUT2D eigenvalue weighted by atomic mass is 14.9. The Labute approximate surface area is 60.0 Å². The van der Waals surface area contributed by atoms with Crippen LogP contribution < -0.4 is 5.49 Å². The minimum Gasteiger partial charge on any atom is -0.309 e. The van der Waals surface area contributed by atoms with Crippen molar-refractivity contribution in [2.24, 2.45) is 0 Å². The fraction of sp³-hybridized carbons (Fsp3) is 0.125. The second-order valence-corrected chi connectivity index (χ2v) is 1.98. The van der Waals surface area contributed by atoms with Gasteiger partial charge in [-0.2, -0.15) is 0 Å². The zero-order chi connectivity index (χ0) is 7.40. The monoisotopic (exact) mass is 134 g/mol. The first-order valence-corrected chi connectivity index (χ1v) is 3.19. The van der Waals surface area contributed by atoms with E-state index in [-0.39, 0.29) is 0 Å². The zero-order valence-electron chi connectivity index (χ0n) is 5.91. The zero-order valence-corrected chi connectivity index (χ0v) is 5.91. The van der Waals surface area contributed by atoms with Gasteiger partial charge in [-0.15, -0.1) is 0 Å². The third kappa shape index (κ3) is 1.35. The first-order chi connectivity index (χ1) is 4.84. The molecule has 1 rings (SSSR count). The number of hydrogen-bond acceptors (Lipinski definition) is 1. The molecule has 0 unspecified atom stereocenters. The summed E-state index contributed by atoms with van der Waals surface area (Å²) >= 11 is 0. The van der Waals surface area contributed by atoms with Crippen molar-refractivity contribution in [3.63, 3.8) is 0 Å². The van der Waals surface area contributed by atoms with Crippen LogP contribution in [0.3, 0.4) is 0 Å². The molecule has 0 fully saturated rings. The van der Waals surface area contributed by atoms with E-state index in [1.807, 2.05) is 37.5 Å². The van der Waals surface area contributed by atoms with Crippen molar-refractivity contribution in [1.82, 2.24) is 4.57 Å². The van der Waals surface area contributed by atoms with E-state index in [0.29, 0.717) is 5.49 Å². The van der Waals surface area contributed by atoms with Gasteiger partial charge in [0, 0.05) is 12.4 Å². The molecular formula is C8H10N2. The predicted molar refractivity (Wildman–Crippen MR) is 41.3 cm³/mol. The van der Waals surface area contributed by atoms with E-state index in [1.165, 1.54) is 0 Å². The Morgan fingerprint density at radius 2 is 2.30 bits per heavy atom. The van der Waals surface area contributed by atoms with E-state index in [0.717, 1.165) is 0 Å². The molecule has 1 heterocycles. The van der Waals surface area contributed by atoms with E-state index in [9.17, 15) is 0 Å². The number of rotatable bonds is 1. The average Bonchev–Trinajstić information content (AvgIpc) is 1.94. The minimum atomic E-state index is 0.501. The molecule has 0 amide bonds. The third-order valence-corrected chi connectivity index (χ3v) is 1.20. The molecule has 0 aliphatic rings. The van der Waals surface area contributed by atoms with Gasteiger partial charge in [-0.25, -0.2) is 0 Å². The molecule has 0 saturated heterocycles. The van der Waals surface area contributed by atoms with Crippen molar-refractivity contribution in [1.29, 1.82) is 5.41 Å². The molecular weight excluding hydrogens is 124 g/mol. The highest BCUT2D eigenvalue weighted by molar-refractivity contribution is 5.20. The lowest BCUT2D eigenvalue weighted by atomic mass is 10.5. The Morgan fingerprint density at radius 3 is 2.90 bits per heavy atom. The van der Waals surface area contributed by atoms with Gasteiger partial charge < -0.3 is 4.57 Å². The molecule has 0 aromatic carbocycles. The Hall–Kier alpha value is -1.31. The van der Waals surface area contributed by atoms with Crippen LogP contribution in [0.4, 0.5) is 0 Å². The minimum absolute atomic E-state index is 0.501. The van der Waals surface area contributed by atoms with Gasteiger partial charge >= 0.3 is 0 Å². The maximum atomic E-state index is 7.39. The Balaban J connectivity index is 3.16. The summed E-state index contributed by atoms with van der Waals surface area (Å²) in [7, 11) is 0. The van der Waals surface area contributed by atoms with Crippen LogP contribution in [0.1, 0.15) is 6.92 Å². The summed E-state index contributed by atoms with van der Waals surface area (Å²) in [4.78, 5) is 0. The van der Waals surface area contributed by atoms with Crippen molar-refractivity contribution < 1.29 is 0 Å². The van der Waals surface area contributed by atoms with Crippen molar-refractivity contribution in [2.45, 2.75) is 6.92 Å². The van der Waals surface area contributed by atoms with E-state index in [4.69, 9.17) is 5.41 Å². The molecule has 2 nitrogen and oxygen atoms in total. The van der Waals surface area contributed by atoms with Crippen molar-refractivity contribution >= 4 is 6.20 Å². The number of pyridine rings is 1. The molecule has 1 aromatic rings. The highest BCUT2D eigenvalue weighted by Crippen LogP contribution is 1.81. The summed E-state index contributed by atoms with van der Waals surface area (Å²) in [5.41, 5.74) is 0.501. The van der Waals surface area contributed by atoms with Gasteiger partial charge in [0.2, 0.25) is 0 Å². The van der Waals surface area contributed by atoms with Crippen LogP contribution in [0, 0.1) is 5.41 Å². The molecule has 0 aliphatic carbocycles. The quantitative estimate of drug-likeness (QED) is 0.602. The average molecular weight is 134 g/mol. The lowest BCUT2D eigenvalue weighted by Crippen LogP contribution is -2.11. The maximum absolute atomic E-state index is 7.39. The molecule has 1 N–H and O–H groups in total. The molecule has 0 spiro atoms. The topological polar surface area (TPSA) is 28.8 Å². The predicted octanol–water partition coefficient (Wildman–Crippen LogP) is 1.46. The van der Waals surface area contributed by atoms with Crippen molar-refractivity contribution in [3.05, 3.63) is 36.0 Å². The van der Waals surface area contributed by atoms with E-state index < -0.39 is 0 Å². The Kier molecular flexibility index (Phi) is 2.05. The van der Waals surface area contributed by atoms with Gasteiger partial charge in [-0.05, 0) is 19.1 Å². The molecule has 2 heteroatoms. The van der Waals surface area contributed by atoms with Crippen molar-refractivity contribution in [3.8, 4) is 0 Å². The second kappa shape index (κ2) is 3.01.